The van der Waals surface area contributed by atoms with Crippen molar-refractivity contribution in [2.75, 3.05) is 13.2 Å². The summed E-state index contributed by atoms with van der Waals surface area (Å²) >= 11 is 0. The van der Waals surface area contributed by atoms with Crippen LogP contribution in [0.15, 0.2) is 24.3 Å². The Labute approximate surface area is 94.4 Å². The zero-order chi connectivity index (χ0) is 12.7. The Morgan fingerprint density at radius 1 is 1.19 bits per heavy atom. The Kier molecular flexibility index (Phi) is 6.10. The van der Waals surface area contributed by atoms with E-state index < -0.39 is 24.6 Å². The molecule has 0 aromatic heterocycles. The summed E-state index contributed by atoms with van der Waals surface area (Å²) < 4.78 is 9.53. The molecule has 0 bridgehead atoms. The van der Waals surface area contributed by atoms with Gasteiger partial charge in [0.2, 0.25) is 0 Å². The largest absolute Gasteiger partial charge is 0.458 e. The van der Waals surface area contributed by atoms with Crippen LogP contribution in [0.3, 0.4) is 0 Å². The molecule has 0 aliphatic rings. The van der Waals surface area contributed by atoms with Crippen LogP contribution in [0.2, 0.25) is 0 Å². The quantitative estimate of drug-likeness (QED) is 0.532. The molecule has 0 fully saturated rings. The lowest BCUT2D eigenvalue weighted by molar-refractivity contribution is -0.156. The van der Waals surface area contributed by atoms with E-state index in [2.05, 4.69) is 13.2 Å². The average molecular weight is 228 g/mol. The minimum Gasteiger partial charge on any atom is -0.458 e. The van der Waals surface area contributed by atoms with Crippen LogP contribution in [0, 0.1) is 0 Å². The fraction of sp³-hybridized carbons (Fsp3) is 0.455. The molecule has 5 nitrogen and oxygen atoms in total. The third kappa shape index (κ3) is 5.31. The van der Waals surface area contributed by atoms with Crippen molar-refractivity contribution in [3.8, 4) is 0 Å². The second kappa shape index (κ2) is 6.79. The van der Waals surface area contributed by atoms with Gasteiger partial charge in [-0.2, -0.15) is 0 Å². The highest BCUT2D eigenvalue weighted by atomic mass is 16.6. The smallest absolute Gasteiger partial charge is 0.333 e. The molecule has 0 aliphatic heterocycles. The van der Waals surface area contributed by atoms with Crippen molar-refractivity contribution in [3.05, 3.63) is 24.3 Å². The van der Waals surface area contributed by atoms with Crippen molar-refractivity contribution in [2.45, 2.75) is 20.0 Å². The third-order valence-corrected chi connectivity index (χ3v) is 1.57. The summed E-state index contributed by atoms with van der Waals surface area (Å²) in [6.45, 7) is 9.12. The van der Waals surface area contributed by atoms with E-state index in [1.807, 2.05) is 0 Å². The van der Waals surface area contributed by atoms with Crippen LogP contribution >= 0.6 is 0 Å². The van der Waals surface area contributed by atoms with E-state index in [-0.39, 0.29) is 17.8 Å². The van der Waals surface area contributed by atoms with Gasteiger partial charge >= 0.3 is 11.9 Å². The van der Waals surface area contributed by atoms with Crippen molar-refractivity contribution in [3.63, 3.8) is 0 Å². The molecule has 0 aromatic rings. The Hall–Kier alpha value is -1.62. The molecule has 0 heterocycles. The summed E-state index contributed by atoms with van der Waals surface area (Å²) in [7, 11) is 0. The minimum absolute atomic E-state index is 0.207. The fourth-order valence-electron chi connectivity index (χ4n) is 0.668. The van der Waals surface area contributed by atoms with E-state index in [0.29, 0.717) is 0 Å². The van der Waals surface area contributed by atoms with Crippen molar-refractivity contribution in [1.29, 1.82) is 0 Å². The Morgan fingerprint density at radius 2 is 1.69 bits per heavy atom. The maximum atomic E-state index is 11.1. The van der Waals surface area contributed by atoms with Gasteiger partial charge in [0, 0.05) is 11.1 Å². The van der Waals surface area contributed by atoms with E-state index in [9.17, 15) is 9.59 Å². The summed E-state index contributed by atoms with van der Waals surface area (Å²) in [6.07, 6.45) is -0.882. The maximum Gasteiger partial charge on any atom is 0.333 e. The SMILES string of the molecule is C=C(C)C(=O)OC[C@H](CO)OC(=O)C(=C)C. The standard InChI is InChI=1S/C11H16O5/c1-7(2)10(13)15-6-9(5-12)16-11(14)8(3)4/h9,12H,1,3,5-6H2,2,4H3/t9-/m0/s1. The summed E-state index contributed by atoms with van der Waals surface area (Å²) in [4.78, 5) is 22.1. The molecule has 1 atom stereocenters. The second-order valence-electron chi connectivity index (χ2n) is 3.37. The lowest BCUT2D eigenvalue weighted by atomic mass is 10.3. The van der Waals surface area contributed by atoms with E-state index in [0.717, 1.165) is 0 Å². The van der Waals surface area contributed by atoms with Gasteiger partial charge in [-0.05, 0) is 13.8 Å². The molecule has 90 valence electrons. The second-order valence-corrected chi connectivity index (χ2v) is 3.37. The van der Waals surface area contributed by atoms with E-state index in [4.69, 9.17) is 14.6 Å². The van der Waals surface area contributed by atoms with Crippen molar-refractivity contribution in [2.24, 2.45) is 0 Å². The number of hydrogen-bond acceptors (Lipinski definition) is 5. The van der Waals surface area contributed by atoms with E-state index in [1.165, 1.54) is 13.8 Å². The van der Waals surface area contributed by atoms with Gasteiger partial charge in [0.15, 0.2) is 6.10 Å². The molecule has 0 spiro atoms. The van der Waals surface area contributed by atoms with Gasteiger partial charge < -0.3 is 14.6 Å². The van der Waals surface area contributed by atoms with Gasteiger partial charge in [0.25, 0.3) is 0 Å². The number of aliphatic hydroxyl groups excluding tert-OH is 1. The Balaban J connectivity index is 4.11. The molecule has 5 heteroatoms. The number of esters is 2. The third-order valence-electron chi connectivity index (χ3n) is 1.57. The fourth-order valence-corrected chi connectivity index (χ4v) is 0.668. The van der Waals surface area contributed by atoms with Crippen LogP contribution in [0.4, 0.5) is 0 Å². The molecule has 0 radical (unpaired) electrons. The Bertz CT molecular complexity index is 305. The molecule has 16 heavy (non-hydrogen) atoms. The van der Waals surface area contributed by atoms with Gasteiger partial charge in [-0.25, -0.2) is 9.59 Å². The van der Waals surface area contributed by atoms with E-state index in [1.54, 1.807) is 0 Å². The van der Waals surface area contributed by atoms with Gasteiger partial charge in [-0.1, -0.05) is 13.2 Å². The number of aliphatic hydroxyl groups is 1. The number of ether oxygens (including phenoxy) is 2. The minimum atomic E-state index is -0.882. The first-order valence-corrected chi connectivity index (χ1v) is 4.68. The first-order valence-electron chi connectivity index (χ1n) is 4.68. The molecular weight excluding hydrogens is 212 g/mol. The zero-order valence-electron chi connectivity index (χ0n) is 9.49. The van der Waals surface area contributed by atoms with Crippen molar-refractivity contribution >= 4 is 11.9 Å². The van der Waals surface area contributed by atoms with Crippen LogP contribution < -0.4 is 0 Å². The molecule has 0 aromatic carbocycles. The lowest BCUT2D eigenvalue weighted by Crippen LogP contribution is -2.28. The molecule has 0 saturated heterocycles. The molecule has 1 N–H and O–H groups in total. The summed E-state index contributed by atoms with van der Waals surface area (Å²) in [5, 5.41) is 8.89. The monoisotopic (exact) mass is 228 g/mol. The number of carbonyl (C=O) groups is 2. The lowest BCUT2D eigenvalue weighted by Gasteiger charge is -2.15. The number of hydrogen-bond donors (Lipinski definition) is 1. The van der Waals surface area contributed by atoms with Gasteiger partial charge in [0.05, 0.1) is 6.61 Å². The average Bonchev–Trinajstić information content (AvgIpc) is 2.22. The summed E-state index contributed by atoms with van der Waals surface area (Å²) in [6, 6.07) is 0. The van der Waals surface area contributed by atoms with Crippen LogP contribution in [0.25, 0.3) is 0 Å². The zero-order valence-corrected chi connectivity index (χ0v) is 9.49. The van der Waals surface area contributed by atoms with Crippen LogP contribution in [-0.2, 0) is 19.1 Å². The maximum absolute atomic E-state index is 11.1. The number of carbonyl (C=O) groups excluding carboxylic acids is 2. The van der Waals surface area contributed by atoms with Gasteiger partial charge in [-0.3, -0.25) is 0 Å². The normalized spacial score (nSPS) is 11.4. The molecule has 0 aliphatic carbocycles. The van der Waals surface area contributed by atoms with Crippen LogP contribution in [0.1, 0.15) is 13.8 Å². The predicted octanol–water partition coefficient (Wildman–Crippen LogP) is 0.586. The van der Waals surface area contributed by atoms with Crippen LogP contribution in [-0.4, -0.2) is 36.4 Å². The molecule has 0 unspecified atom stereocenters. The first kappa shape index (κ1) is 14.4. The highest BCUT2D eigenvalue weighted by Gasteiger charge is 2.16. The summed E-state index contributed by atoms with van der Waals surface area (Å²) in [5.41, 5.74) is 0.451. The van der Waals surface area contributed by atoms with Crippen molar-refractivity contribution < 1.29 is 24.2 Å². The highest BCUT2D eigenvalue weighted by Crippen LogP contribution is 2.01. The molecule has 0 rings (SSSR count). The van der Waals surface area contributed by atoms with Crippen LogP contribution in [0.5, 0.6) is 0 Å². The van der Waals surface area contributed by atoms with Crippen molar-refractivity contribution in [1.82, 2.24) is 0 Å². The summed E-state index contributed by atoms with van der Waals surface area (Å²) in [5.74, 6) is -1.23. The van der Waals surface area contributed by atoms with Gasteiger partial charge in [0.1, 0.15) is 6.61 Å². The first-order chi connectivity index (χ1) is 7.38. The highest BCUT2D eigenvalue weighted by molar-refractivity contribution is 5.87. The molecule has 0 saturated carbocycles. The van der Waals surface area contributed by atoms with E-state index >= 15 is 0 Å². The number of rotatable bonds is 6. The topological polar surface area (TPSA) is 72.8 Å². The van der Waals surface area contributed by atoms with Gasteiger partial charge in [-0.15, -0.1) is 0 Å². The molecular formula is C11H16O5. The Morgan fingerprint density at radius 3 is 2.06 bits per heavy atom. The predicted molar refractivity (Wildman–Crippen MR) is 57.6 cm³/mol. The molecule has 0 amide bonds.